The van der Waals surface area contributed by atoms with Gasteiger partial charge >= 0.3 is 0 Å². The van der Waals surface area contributed by atoms with Crippen LogP contribution < -0.4 is 0 Å². The minimum absolute atomic E-state index is 0.0205. The normalized spacial score (nSPS) is 13.3. The molecule has 12 aromatic rings. The van der Waals surface area contributed by atoms with Crippen molar-refractivity contribution in [3.8, 4) is 56.4 Å². The molecule has 0 spiro atoms. The second-order valence-electron chi connectivity index (χ2n) is 13.9. The van der Waals surface area contributed by atoms with E-state index in [0.29, 0.717) is 28.3 Å². The highest BCUT2D eigenvalue weighted by molar-refractivity contribution is 7.26. The van der Waals surface area contributed by atoms with E-state index in [1.54, 1.807) is 22.7 Å². The maximum absolute atomic E-state index is 9.67. The van der Waals surface area contributed by atoms with Crippen LogP contribution in [0.15, 0.2) is 180 Å². The molecule has 0 saturated heterocycles. The van der Waals surface area contributed by atoms with Crippen LogP contribution in [0.3, 0.4) is 0 Å². The summed E-state index contributed by atoms with van der Waals surface area (Å²) in [6.45, 7) is 0. The fraction of sp³-hybridized carbons (Fsp3) is 0. The summed E-state index contributed by atoms with van der Waals surface area (Å²) in [5.41, 5.74) is 4.31. The lowest BCUT2D eigenvalue weighted by atomic mass is 9.98. The number of furan rings is 1. The van der Waals surface area contributed by atoms with Gasteiger partial charge in [-0.25, -0.2) is 15.0 Å². The van der Waals surface area contributed by atoms with Gasteiger partial charge in [0.15, 0.2) is 17.5 Å². The SMILES string of the molecule is [2H]c1c([2H])c(-c2ccc3c(c2)sc2ccccc23)c2c(oc3c([2H])c(-c4nc(-c5ccc(-c6ccccc6)cc5)nc(-c5ccc6sc7ccccc7c6c5)n4)c([2H])c([2H])c32)c1[2H]. The van der Waals surface area contributed by atoms with Crippen LogP contribution in [0.2, 0.25) is 0 Å². The fourth-order valence-electron chi connectivity index (χ4n) is 7.71. The molecule has 4 nitrogen and oxygen atoms in total. The minimum atomic E-state index is -0.335. The Labute approximate surface area is 343 Å². The molecular weight excluding hydrogens is 735 g/mol. The zero-order valence-corrected chi connectivity index (χ0v) is 31.5. The molecule has 266 valence electrons. The van der Waals surface area contributed by atoms with Gasteiger partial charge in [0.25, 0.3) is 0 Å². The molecule has 0 aliphatic heterocycles. The monoisotopic (exact) mass is 769 g/mol. The van der Waals surface area contributed by atoms with Gasteiger partial charge < -0.3 is 4.42 Å². The number of thiophene rings is 2. The third-order valence-electron chi connectivity index (χ3n) is 10.5. The van der Waals surface area contributed by atoms with Crippen molar-refractivity contribution in [2.45, 2.75) is 0 Å². The van der Waals surface area contributed by atoms with Crippen molar-refractivity contribution in [1.29, 1.82) is 0 Å². The van der Waals surface area contributed by atoms with E-state index in [9.17, 15) is 5.48 Å². The third kappa shape index (κ3) is 5.37. The van der Waals surface area contributed by atoms with Crippen molar-refractivity contribution in [1.82, 2.24) is 15.0 Å². The average Bonchev–Trinajstić information content (AvgIpc) is 4.02. The van der Waals surface area contributed by atoms with Crippen molar-refractivity contribution >= 4 is 85.0 Å². The minimum Gasteiger partial charge on any atom is -0.456 e. The summed E-state index contributed by atoms with van der Waals surface area (Å²) in [4.78, 5) is 14.8. The first kappa shape index (κ1) is 26.8. The molecule has 0 saturated carbocycles. The highest BCUT2D eigenvalue weighted by Gasteiger charge is 2.18. The predicted octanol–water partition coefficient (Wildman–Crippen LogP) is 14.8. The molecule has 4 heterocycles. The summed E-state index contributed by atoms with van der Waals surface area (Å²) >= 11 is 3.32. The Morgan fingerprint density at radius 2 is 1.00 bits per heavy atom. The highest BCUT2D eigenvalue weighted by Crippen LogP contribution is 2.42. The van der Waals surface area contributed by atoms with Crippen LogP contribution in [0.25, 0.3) is 119 Å². The molecule has 0 aliphatic carbocycles. The molecule has 0 aliphatic rings. The summed E-state index contributed by atoms with van der Waals surface area (Å²) in [7, 11) is 0. The zero-order valence-electron chi connectivity index (χ0n) is 35.8. The summed E-state index contributed by atoms with van der Waals surface area (Å²) < 4.78 is 66.5. The van der Waals surface area contributed by atoms with Crippen LogP contribution >= 0.6 is 22.7 Å². The molecule has 0 bridgehead atoms. The molecule has 6 heteroatoms. The number of benzene rings is 8. The number of hydrogen-bond acceptors (Lipinski definition) is 6. The van der Waals surface area contributed by atoms with Crippen LogP contribution in [-0.2, 0) is 0 Å². The van der Waals surface area contributed by atoms with E-state index in [1.807, 2.05) is 103 Å². The molecule has 8 aromatic carbocycles. The van der Waals surface area contributed by atoms with Crippen LogP contribution in [-0.4, -0.2) is 15.0 Å². The lowest BCUT2D eigenvalue weighted by molar-refractivity contribution is 0.669. The van der Waals surface area contributed by atoms with Gasteiger partial charge in [-0.3, -0.25) is 0 Å². The number of fused-ring (bicyclic) bond motifs is 9. The molecule has 57 heavy (non-hydrogen) atoms. The molecule has 0 amide bonds. The first-order valence-corrected chi connectivity index (χ1v) is 20.1. The molecule has 4 aromatic heterocycles. The molecule has 0 fully saturated rings. The number of hydrogen-bond donors (Lipinski definition) is 0. The summed E-state index contributed by atoms with van der Waals surface area (Å²) in [5, 5.41) is 4.72. The van der Waals surface area contributed by atoms with E-state index in [4.69, 9.17) is 22.1 Å². The molecule has 12 rings (SSSR count). The summed E-state index contributed by atoms with van der Waals surface area (Å²) in [6, 6.07) is 44.5. The van der Waals surface area contributed by atoms with E-state index < -0.39 is 0 Å². The van der Waals surface area contributed by atoms with Gasteiger partial charge in [-0.15, -0.1) is 22.7 Å². The maximum atomic E-state index is 9.67. The average molecular weight is 770 g/mol. The topological polar surface area (TPSA) is 51.8 Å². The standard InChI is InChI=1S/C51H29N3OS2/c1-2-9-30(10-3-1)31-17-19-32(20-18-31)49-52-50(34-23-26-46-41(27-34)38-12-5-7-16-45(38)56-46)54-51(53-49)35-22-25-40-43(28-35)55-42-14-8-13-36(48(40)42)33-21-24-39-37-11-4-6-15-44(37)57-47(39)29-33/h1-29H/i8D,13D,14D,22D,25D,28D. The summed E-state index contributed by atoms with van der Waals surface area (Å²) in [5.74, 6) is 0.677. The van der Waals surface area contributed by atoms with E-state index in [2.05, 4.69) is 36.4 Å². The van der Waals surface area contributed by atoms with Gasteiger partial charge in [0.05, 0.1) is 8.22 Å². The predicted molar refractivity (Wildman–Crippen MR) is 240 cm³/mol. The van der Waals surface area contributed by atoms with Gasteiger partial charge in [0.1, 0.15) is 11.2 Å². The van der Waals surface area contributed by atoms with Gasteiger partial charge in [-0.05, 0) is 76.8 Å². The Morgan fingerprint density at radius 1 is 0.404 bits per heavy atom. The maximum Gasteiger partial charge on any atom is 0.164 e. The van der Waals surface area contributed by atoms with Crippen LogP contribution in [0.1, 0.15) is 8.22 Å². The Balaban J connectivity index is 1.08. The Morgan fingerprint density at radius 3 is 1.81 bits per heavy atom. The lowest BCUT2D eigenvalue weighted by Crippen LogP contribution is -2.00. The largest absolute Gasteiger partial charge is 0.456 e. The van der Waals surface area contributed by atoms with E-state index >= 15 is 0 Å². The van der Waals surface area contributed by atoms with Crippen molar-refractivity contribution in [3.05, 3.63) is 176 Å². The first-order chi connectivity index (χ1) is 30.7. The first-order valence-electron chi connectivity index (χ1n) is 21.4. The number of rotatable bonds is 5. The molecule has 0 unspecified atom stereocenters. The molecule has 0 radical (unpaired) electrons. The van der Waals surface area contributed by atoms with Crippen molar-refractivity contribution < 1.29 is 12.6 Å². The molecular formula is C51H29N3OS2. The van der Waals surface area contributed by atoms with E-state index in [0.717, 1.165) is 57.0 Å². The third-order valence-corrected chi connectivity index (χ3v) is 12.8. The fourth-order valence-corrected chi connectivity index (χ4v) is 9.94. The van der Waals surface area contributed by atoms with Crippen LogP contribution in [0.5, 0.6) is 0 Å². The number of aromatic nitrogens is 3. The second-order valence-corrected chi connectivity index (χ2v) is 16.0. The van der Waals surface area contributed by atoms with Gasteiger partial charge in [0.2, 0.25) is 0 Å². The van der Waals surface area contributed by atoms with Crippen molar-refractivity contribution in [3.63, 3.8) is 0 Å². The van der Waals surface area contributed by atoms with Gasteiger partial charge in [0, 0.05) is 67.8 Å². The smallest absolute Gasteiger partial charge is 0.164 e. The Kier molecular flexibility index (Phi) is 6.00. The quantitative estimate of drug-likeness (QED) is 0.175. The van der Waals surface area contributed by atoms with Gasteiger partial charge in [-0.1, -0.05) is 121 Å². The lowest BCUT2D eigenvalue weighted by Gasteiger charge is -2.10. The molecule has 0 N–H and O–H groups in total. The zero-order chi connectivity index (χ0) is 42.7. The van der Waals surface area contributed by atoms with E-state index in [-0.39, 0.29) is 69.6 Å². The van der Waals surface area contributed by atoms with E-state index in [1.165, 1.54) is 0 Å². The van der Waals surface area contributed by atoms with Crippen LogP contribution in [0.4, 0.5) is 0 Å². The Bertz CT molecular complexity index is 3880. The van der Waals surface area contributed by atoms with Crippen molar-refractivity contribution in [2.24, 2.45) is 0 Å². The Hall–Kier alpha value is -6.99. The molecule has 0 atom stereocenters. The van der Waals surface area contributed by atoms with Gasteiger partial charge in [-0.2, -0.15) is 0 Å². The summed E-state index contributed by atoms with van der Waals surface area (Å²) in [6.07, 6.45) is 0. The number of nitrogens with zero attached hydrogens (tertiary/aromatic N) is 3. The highest BCUT2D eigenvalue weighted by atomic mass is 32.1. The second kappa shape index (κ2) is 12.8. The van der Waals surface area contributed by atoms with Crippen molar-refractivity contribution in [2.75, 3.05) is 0 Å². The van der Waals surface area contributed by atoms with Crippen LogP contribution in [0, 0.1) is 0 Å².